The zero-order valence-corrected chi connectivity index (χ0v) is 15.6. The van der Waals surface area contributed by atoms with Crippen molar-refractivity contribution in [3.63, 3.8) is 0 Å². The molecule has 0 aliphatic heterocycles. The summed E-state index contributed by atoms with van der Waals surface area (Å²) in [6, 6.07) is 6.61. The zero-order valence-electron chi connectivity index (χ0n) is 14.8. The predicted molar refractivity (Wildman–Crippen MR) is 94.8 cm³/mol. The van der Waals surface area contributed by atoms with Gasteiger partial charge >= 0.3 is 0 Å². The quantitative estimate of drug-likeness (QED) is 0.655. The van der Waals surface area contributed by atoms with Crippen LogP contribution in [0, 0.1) is 20.8 Å². The molecule has 3 N–H and O–H groups in total. The Morgan fingerprint density at radius 1 is 1.08 bits per heavy atom. The minimum Gasteiger partial charge on any atom is -0.469 e. The lowest BCUT2D eigenvalue weighted by molar-refractivity contribution is -0.121. The van der Waals surface area contributed by atoms with E-state index in [9.17, 15) is 18.0 Å². The highest BCUT2D eigenvalue weighted by atomic mass is 32.2. The molecule has 1 aromatic heterocycles. The second-order valence-electron chi connectivity index (χ2n) is 5.81. The van der Waals surface area contributed by atoms with Crippen LogP contribution in [0.5, 0.6) is 0 Å². The van der Waals surface area contributed by atoms with Crippen molar-refractivity contribution in [3.8, 4) is 0 Å². The van der Waals surface area contributed by atoms with E-state index in [1.165, 1.54) is 12.3 Å². The molecule has 2 aromatic rings. The van der Waals surface area contributed by atoms with Crippen LogP contribution in [0.3, 0.4) is 0 Å². The molecule has 0 fully saturated rings. The lowest BCUT2D eigenvalue weighted by Gasteiger charge is -2.10. The summed E-state index contributed by atoms with van der Waals surface area (Å²) in [6.45, 7) is 5.03. The monoisotopic (exact) mass is 379 g/mol. The van der Waals surface area contributed by atoms with E-state index in [0.717, 1.165) is 5.56 Å². The number of benzene rings is 1. The zero-order chi connectivity index (χ0) is 19.3. The fourth-order valence-corrected chi connectivity index (χ4v) is 3.61. The van der Waals surface area contributed by atoms with Crippen molar-refractivity contribution in [2.75, 3.05) is 6.54 Å². The number of amides is 2. The number of hydrazine groups is 1. The molecule has 0 unspecified atom stereocenters. The van der Waals surface area contributed by atoms with E-state index in [1.54, 1.807) is 32.9 Å². The molecule has 0 saturated heterocycles. The number of aryl methyl sites for hydroxylation is 3. The summed E-state index contributed by atoms with van der Waals surface area (Å²) in [4.78, 5) is 23.8. The molecule has 0 radical (unpaired) electrons. The number of carbonyl (C=O) groups is 2. The van der Waals surface area contributed by atoms with E-state index in [4.69, 9.17) is 4.42 Å². The highest BCUT2D eigenvalue weighted by Gasteiger charge is 2.17. The van der Waals surface area contributed by atoms with Crippen molar-refractivity contribution < 1.29 is 22.4 Å². The van der Waals surface area contributed by atoms with E-state index in [-0.39, 0.29) is 17.9 Å². The molecule has 0 atom stereocenters. The molecule has 2 amide bonds. The number of sulfonamides is 1. The number of carbonyl (C=O) groups excluding carboxylic acids is 2. The molecule has 0 bridgehead atoms. The van der Waals surface area contributed by atoms with Crippen LogP contribution >= 0.6 is 0 Å². The van der Waals surface area contributed by atoms with Crippen LogP contribution in [0.1, 0.15) is 33.7 Å². The molecule has 0 aliphatic rings. The maximum Gasteiger partial charge on any atom is 0.273 e. The van der Waals surface area contributed by atoms with Gasteiger partial charge in [0.05, 0.1) is 16.7 Å². The Kier molecular flexibility index (Phi) is 6.17. The Morgan fingerprint density at radius 3 is 2.46 bits per heavy atom. The summed E-state index contributed by atoms with van der Waals surface area (Å²) in [5.41, 5.74) is 6.23. The second-order valence-corrected chi connectivity index (χ2v) is 7.54. The van der Waals surface area contributed by atoms with Gasteiger partial charge in [0.2, 0.25) is 15.9 Å². The molecule has 1 aromatic carbocycles. The third-order valence-corrected chi connectivity index (χ3v) is 5.30. The van der Waals surface area contributed by atoms with E-state index in [2.05, 4.69) is 15.6 Å². The molecule has 140 valence electrons. The van der Waals surface area contributed by atoms with Gasteiger partial charge in [0, 0.05) is 13.0 Å². The number of nitrogens with one attached hydrogen (secondary N) is 3. The van der Waals surface area contributed by atoms with Crippen LogP contribution in [0.2, 0.25) is 0 Å². The Morgan fingerprint density at radius 2 is 1.81 bits per heavy atom. The molecule has 2 rings (SSSR count). The van der Waals surface area contributed by atoms with Crippen LogP contribution in [-0.2, 0) is 14.8 Å². The lowest BCUT2D eigenvalue weighted by Crippen LogP contribution is -2.42. The summed E-state index contributed by atoms with van der Waals surface area (Å²) in [5.74, 6) is -0.609. The number of furan rings is 1. The van der Waals surface area contributed by atoms with E-state index < -0.39 is 21.8 Å². The number of rotatable bonds is 6. The van der Waals surface area contributed by atoms with E-state index >= 15 is 0 Å². The summed E-state index contributed by atoms with van der Waals surface area (Å²) >= 11 is 0. The second kappa shape index (κ2) is 8.15. The van der Waals surface area contributed by atoms with Gasteiger partial charge < -0.3 is 4.42 Å². The lowest BCUT2D eigenvalue weighted by atomic mass is 10.2. The summed E-state index contributed by atoms with van der Waals surface area (Å²) in [7, 11) is -3.71. The van der Waals surface area contributed by atoms with Gasteiger partial charge in [-0.15, -0.1) is 0 Å². The highest BCUT2D eigenvalue weighted by Crippen LogP contribution is 2.16. The van der Waals surface area contributed by atoms with Crippen LogP contribution in [-0.4, -0.2) is 26.8 Å². The molecular formula is C17H21N3O5S. The van der Waals surface area contributed by atoms with Crippen LogP contribution in [0.4, 0.5) is 0 Å². The number of hydrogen-bond donors (Lipinski definition) is 3. The Labute approximate surface area is 152 Å². The predicted octanol–water partition coefficient (Wildman–Crippen LogP) is 1.33. The fraction of sp³-hybridized carbons (Fsp3) is 0.294. The topological polar surface area (TPSA) is 118 Å². The maximum atomic E-state index is 12.3. The summed E-state index contributed by atoms with van der Waals surface area (Å²) in [6.07, 6.45) is 1.24. The first-order valence-electron chi connectivity index (χ1n) is 7.91. The minimum atomic E-state index is -3.71. The van der Waals surface area contributed by atoms with Crippen molar-refractivity contribution in [2.45, 2.75) is 32.1 Å². The van der Waals surface area contributed by atoms with Crippen molar-refractivity contribution in [1.82, 2.24) is 15.6 Å². The van der Waals surface area contributed by atoms with Gasteiger partial charge in [-0.25, -0.2) is 13.1 Å². The van der Waals surface area contributed by atoms with Gasteiger partial charge in [0.15, 0.2) is 0 Å². The van der Waals surface area contributed by atoms with Crippen molar-refractivity contribution in [1.29, 1.82) is 0 Å². The van der Waals surface area contributed by atoms with Gasteiger partial charge in [0.25, 0.3) is 5.91 Å². The van der Waals surface area contributed by atoms with Gasteiger partial charge in [-0.1, -0.05) is 12.1 Å². The maximum absolute atomic E-state index is 12.3. The largest absolute Gasteiger partial charge is 0.469 e. The molecule has 8 nitrogen and oxygen atoms in total. The molecule has 0 spiro atoms. The normalized spacial score (nSPS) is 11.2. The van der Waals surface area contributed by atoms with Crippen LogP contribution < -0.4 is 15.6 Å². The Hall–Kier alpha value is -2.65. The first-order chi connectivity index (χ1) is 12.2. The van der Waals surface area contributed by atoms with Gasteiger partial charge in [-0.05, 0) is 44.0 Å². The van der Waals surface area contributed by atoms with Crippen molar-refractivity contribution in [3.05, 3.63) is 53.0 Å². The molecule has 26 heavy (non-hydrogen) atoms. The van der Waals surface area contributed by atoms with Crippen molar-refractivity contribution in [2.24, 2.45) is 0 Å². The Bertz CT molecular complexity index is 918. The van der Waals surface area contributed by atoms with Crippen LogP contribution in [0.15, 0.2) is 39.8 Å². The molecular weight excluding hydrogens is 358 g/mol. The van der Waals surface area contributed by atoms with Crippen molar-refractivity contribution >= 4 is 21.8 Å². The third kappa shape index (κ3) is 4.93. The first kappa shape index (κ1) is 19.7. The third-order valence-electron chi connectivity index (χ3n) is 3.70. The molecule has 0 saturated carbocycles. The summed E-state index contributed by atoms with van der Waals surface area (Å²) in [5, 5.41) is 0. The molecule has 1 heterocycles. The summed E-state index contributed by atoms with van der Waals surface area (Å²) < 4.78 is 32.0. The molecule has 9 heteroatoms. The molecule has 0 aliphatic carbocycles. The average Bonchev–Trinajstić information content (AvgIpc) is 3.00. The average molecular weight is 379 g/mol. The highest BCUT2D eigenvalue weighted by molar-refractivity contribution is 7.89. The SMILES string of the molecule is Cc1ccc(C)c(S(=O)(=O)NCCC(=O)NNC(=O)c2ccoc2C)c1. The minimum absolute atomic E-state index is 0.0951. The van der Waals surface area contributed by atoms with Gasteiger partial charge in [-0.3, -0.25) is 20.4 Å². The fourth-order valence-electron chi connectivity index (χ4n) is 2.25. The van der Waals surface area contributed by atoms with E-state index in [0.29, 0.717) is 16.9 Å². The Balaban J connectivity index is 1.83. The smallest absolute Gasteiger partial charge is 0.273 e. The van der Waals surface area contributed by atoms with E-state index in [1.807, 2.05) is 6.07 Å². The standard InChI is InChI=1S/C17H21N3O5S/c1-11-4-5-12(2)15(10-11)26(23,24)18-8-6-16(21)19-20-17(22)14-7-9-25-13(14)3/h4-5,7,9-10,18H,6,8H2,1-3H3,(H,19,21)(H,20,22). The van der Waals surface area contributed by atoms with Gasteiger partial charge in [0.1, 0.15) is 5.76 Å². The first-order valence-corrected chi connectivity index (χ1v) is 9.39. The van der Waals surface area contributed by atoms with Gasteiger partial charge in [-0.2, -0.15) is 0 Å². The van der Waals surface area contributed by atoms with Crippen LogP contribution in [0.25, 0.3) is 0 Å². The number of hydrogen-bond acceptors (Lipinski definition) is 5.